The van der Waals surface area contributed by atoms with Gasteiger partial charge in [0.15, 0.2) is 0 Å². The van der Waals surface area contributed by atoms with E-state index in [0.717, 1.165) is 0 Å². The average Bonchev–Trinajstić information content (AvgIpc) is 2.15. The summed E-state index contributed by atoms with van der Waals surface area (Å²) in [6.07, 6.45) is -0.213. The number of morpholine rings is 1. The van der Waals surface area contributed by atoms with Crippen LogP contribution in [0.1, 0.15) is 27.7 Å². The number of amides is 1. The van der Waals surface area contributed by atoms with Gasteiger partial charge in [-0.3, -0.25) is 0 Å². The number of nitrogens with zero attached hydrogens (tertiary/aromatic N) is 1. The number of halogens is 1. The van der Waals surface area contributed by atoms with Crippen molar-refractivity contribution in [3.8, 4) is 0 Å². The van der Waals surface area contributed by atoms with Gasteiger partial charge in [-0.05, 0) is 20.8 Å². The number of hydrogen-bond acceptors (Lipinski definition) is 3. The van der Waals surface area contributed by atoms with Crippen LogP contribution in [0.3, 0.4) is 0 Å². The first-order chi connectivity index (χ1) is 7.29. The summed E-state index contributed by atoms with van der Waals surface area (Å²) in [6, 6.07) is 0. The highest BCUT2D eigenvalue weighted by molar-refractivity contribution is 9.09. The van der Waals surface area contributed by atoms with Crippen LogP contribution in [0.15, 0.2) is 0 Å². The van der Waals surface area contributed by atoms with Crippen LogP contribution in [0.4, 0.5) is 4.79 Å². The highest BCUT2D eigenvalue weighted by Crippen LogP contribution is 2.17. The lowest BCUT2D eigenvalue weighted by atomic mass is 10.2. The third-order valence-electron chi connectivity index (χ3n) is 2.26. The van der Waals surface area contributed by atoms with Gasteiger partial charge in [-0.25, -0.2) is 4.79 Å². The zero-order valence-electron chi connectivity index (χ0n) is 10.3. The molecule has 1 aliphatic heterocycles. The maximum atomic E-state index is 11.8. The molecule has 0 aromatic rings. The van der Waals surface area contributed by atoms with E-state index < -0.39 is 5.60 Å². The Morgan fingerprint density at radius 1 is 1.56 bits per heavy atom. The van der Waals surface area contributed by atoms with Gasteiger partial charge in [0.1, 0.15) is 5.60 Å². The molecule has 4 nitrogen and oxygen atoms in total. The molecule has 0 radical (unpaired) electrons. The van der Waals surface area contributed by atoms with Gasteiger partial charge in [-0.2, -0.15) is 0 Å². The largest absolute Gasteiger partial charge is 0.444 e. The van der Waals surface area contributed by atoms with Crippen LogP contribution in [0.25, 0.3) is 0 Å². The Kier molecular flexibility index (Phi) is 4.62. The Balaban J connectivity index is 2.50. The van der Waals surface area contributed by atoms with Crippen molar-refractivity contribution in [2.24, 2.45) is 0 Å². The maximum absolute atomic E-state index is 11.8. The Hall–Kier alpha value is -0.290. The second-order valence-corrected chi connectivity index (χ2v) is 6.46. The van der Waals surface area contributed by atoms with Crippen LogP contribution < -0.4 is 0 Å². The van der Waals surface area contributed by atoms with Crippen LogP contribution in [-0.2, 0) is 9.47 Å². The summed E-state index contributed by atoms with van der Waals surface area (Å²) in [5, 5.41) is 0. The molecule has 0 bridgehead atoms. The van der Waals surface area contributed by atoms with Gasteiger partial charge in [-0.15, -0.1) is 0 Å². The first-order valence-corrected chi connectivity index (χ1v) is 6.45. The van der Waals surface area contributed by atoms with Crippen molar-refractivity contribution in [3.05, 3.63) is 0 Å². The summed E-state index contributed by atoms with van der Waals surface area (Å²) < 4.78 is 10.9. The molecule has 1 amide bonds. The van der Waals surface area contributed by atoms with Gasteiger partial charge >= 0.3 is 6.09 Å². The Labute approximate surface area is 105 Å². The van der Waals surface area contributed by atoms with Gasteiger partial charge in [0.25, 0.3) is 0 Å². The second kappa shape index (κ2) is 5.36. The first-order valence-electron chi connectivity index (χ1n) is 5.53. The molecule has 1 rings (SSSR count). The minimum absolute atomic E-state index is 0.0428. The molecule has 0 N–H and O–H groups in total. The molecule has 0 spiro atoms. The van der Waals surface area contributed by atoms with Crippen LogP contribution in [0.2, 0.25) is 0 Å². The number of carbonyl (C=O) groups is 1. The highest BCUT2D eigenvalue weighted by atomic mass is 79.9. The topological polar surface area (TPSA) is 38.8 Å². The van der Waals surface area contributed by atoms with E-state index in [1.165, 1.54) is 0 Å². The van der Waals surface area contributed by atoms with E-state index in [-0.39, 0.29) is 17.0 Å². The molecule has 1 aliphatic rings. The number of rotatable bonds is 1. The quantitative estimate of drug-likeness (QED) is 0.697. The fourth-order valence-electron chi connectivity index (χ4n) is 1.45. The highest BCUT2D eigenvalue weighted by Gasteiger charge is 2.29. The second-order valence-electron chi connectivity index (χ2n) is 5.01. The summed E-state index contributed by atoms with van der Waals surface area (Å²) in [6.45, 7) is 9.39. The minimum atomic E-state index is -0.440. The lowest BCUT2D eigenvalue weighted by molar-refractivity contribution is -0.0402. The van der Waals surface area contributed by atoms with Gasteiger partial charge in [-0.1, -0.05) is 22.9 Å². The molecular formula is C11H20BrNO3. The molecule has 16 heavy (non-hydrogen) atoms. The van der Waals surface area contributed by atoms with Crippen molar-refractivity contribution in [2.45, 2.75) is 44.2 Å². The molecule has 2 unspecified atom stereocenters. The molecule has 0 aromatic heterocycles. The standard InChI is InChI=1S/C11H20BrNO3/c1-8(12)9-7-13(5-6-15-9)10(14)16-11(2,3)4/h8-9H,5-7H2,1-4H3. The van der Waals surface area contributed by atoms with Crippen molar-refractivity contribution < 1.29 is 14.3 Å². The number of carbonyl (C=O) groups excluding carboxylic acids is 1. The monoisotopic (exact) mass is 293 g/mol. The van der Waals surface area contributed by atoms with Gasteiger partial charge in [0, 0.05) is 11.4 Å². The summed E-state index contributed by atoms with van der Waals surface area (Å²) >= 11 is 3.47. The summed E-state index contributed by atoms with van der Waals surface area (Å²) in [7, 11) is 0. The van der Waals surface area contributed by atoms with E-state index in [2.05, 4.69) is 15.9 Å². The molecule has 0 aromatic carbocycles. The molecule has 1 heterocycles. The zero-order chi connectivity index (χ0) is 12.3. The predicted molar refractivity (Wildman–Crippen MR) is 65.9 cm³/mol. The van der Waals surface area contributed by atoms with Crippen molar-refractivity contribution in [1.29, 1.82) is 0 Å². The van der Waals surface area contributed by atoms with Crippen LogP contribution in [0, 0.1) is 0 Å². The van der Waals surface area contributed by atoms with E-state index >= 15 is 0 Å². The summed E-state index contributed by atoms with van der Waals surface area (Å²) in [4.78, 5) is 13.8. The van der Waals surface area contributed by atoms with E-state index in [0.29, 0.717) is 19.7 Å². The fourth-order valence-corrected chi connectivity index (χ4v) is 1.77. The van der Waals surface area contributed by atoms with Crippen molar-refractivity contribution in [2.75, 3.05) is 19.7 Å². The Bertz CT molecular complexity index is 250. The van der Waals surface area contributed by atoms with Crippen molar-refractivity contribution in [1.82, 2.24) is 4.90 Å². The normalized spacial score (nSPS) is 24.1. The Morgan fingerprint density at radius 3 is 2.69 bits per heavy atom. The zero-order valence-corrected chi connectivity index (χ0v) is 11.9. The van der Waals surface area contributed by atoms with Crippen LogP contribution >= 0.6 is 15.9 Å². The molecule has 0 saturated carbocycles. The van der Waals surface area contributed by atoms with E-state index in [1.54, 1.807) is 4.90 Å². The minimum Gasteiger partial charge on any atom is -0.444 e. The van der Waals surface area contributed by atoms with E-state index in [9.17, 15) is 4.79 Å². The molecular weight excluding hydrogens is 274 g/mol. The fraction of sp³-hybridized carbons (Fsp3) is 0.909. The average molecular weight is 294 g/mol. The predicted octanol–water partition coefficient (Wildman–Crippen LogP) is 2.41. The molecule has 5 heteroatoms. The number of hydrogen-bond donors (Lipinski definition) is 0. The van der Waals surface area contributed by atoms with Crippen LogP contribution in [0.5, 0.6) is 0 Å². The van der Waals surface area contributed by atoms with Crippen LogP contribution in [-0.4, -0.2) is 47.2 Å². The number of alkyl halides is 1. The van der Waals surface area contributed by atoms with Gasteiger partial charge in [0.05, 0.1) is 19.3 Å². The third kappa shape index (κ3) is 4.29. The first kappa shape index (κ1) is 13.8. The third-order valence-corrected chi connectivity index (χ3v) is 2.85. The van der Waals surface area contributed by atoms with Crippen molar-refractivity contribution in [3.63, 3.8) is 0 Å². The summed E-state index contributed by atoms with van der Waals surface area (Å²) in [5.41, 5.74) is -0.440. The molecule has 1 fully saturated rings. The lowest BCUT2D eigenvalue weighted by Crippen LogP contribution is -2.49. The van der Waals surface area contributed by atoms with Gasteiger partial charge in [0.2, 0.25) is 0 Å². The Morgan fingerprint density at radius 2 is 2.19 bits per heavy atom. The summed E-state index contributed by atoms with van der Waals surface area (Å²) in [5.74, 6) is 0. The molecule has 2 atom stereocenters. The van der Waals surface area contributed by atoms with E-state index in [1.807, 2.05) is 27.7 Å². The molecule has 0 aliphatic carbocycles. The maximum Gasteiger partial charge on any atom is 0.410 e. The van der Waals surface area contributed by atoms with Gasteiger partial charge < -0.3 is 14.4 Å². The lowest BCUT2D eigenvalue weighted by Gasteiger charge is -2.35. The van der Waals surface area contributed by atoms with Crippen molar-refractivity contribution >= 4 is 22.0 Å². The molecule has 1 saturated heterocycles. The molecule has 94 valence electrons. The number of ether oxygens (including phenoxy) is 2. The van der Waals surface area contributed by atoms with E-state index in [4.69, 9.17) is 9.47 Å². The SMILES string of the molecule is CC(Br)C1CN(C(=O)OC(C)(C)C)CCO1. The smallest absolute Gasteiger partial charge is 0.410 e.